The summed E-state index contributed by atoms with van der Waals surface area (Å²) < 4.78 is 0. The van der Waals surface area contributed by atoms with Gasteiger partial charge in [0.15, 0.2) is 0 Å². The Bertz CT molecular complexity index is 64.0. The van der Waals surface area contributed by atoms with Crippen LogP contribution < -0.4 is 5.73 Å². The minimum Gasteiger partial charge on any atom is -0.480 e. The molecule has 4 heteroatoms. The first-order valence-electron chi connectivity index (χ1n) is 1.63. The molecule has 7 heavy (non-hydrogen) atoms. The van der Waals surface area contributed by atoms with Crippen molar-refractivity contribution in [3.05, 3.63) is 0 Å². The maximum Gasteiger partial charge on any atom is 0.320 e. The third-order valence-electron chi connectivity index (χ3n) is 0.390. The number of nitrogens with two attached hydrogens (primary N) is 1. The number of rotatable bonds is 1. The zero-order valence-electron chi connectivity index (χ0n) is 4.22. The first-order valence-corrected chi connectivity index (χ1v) is 1.63. The topological polar surface area (TPSA) is 63.3 Å². The van der Waals surface area contributed by atoms with Gasteiger partial charge in [0.25, 0.3) is 0 Å². The predicted molar refractivity (Wildman–Crippen MR) is 27.0 cm³/mol. The molecule has 2 radical (unpaired) electrons. The van der Waals surface area contributed by atoms with Crippen LogP contribution >= 0.6 is 0 Å². The Labute approximate surface area is 79.2 Å². The molecule has 0 spiro atoms. The van der Waals surface area contributed by atoms with Gasteiger partial charge in [0.1, 0.15) is 6.04 Å². The van der Waals surface area contributed by atoms with Crippen LogP contribution in [0.25, 0.3) is 0 Å². The molecule has 0 saturated carbocycles. The molecule has 0 bridgehead atoms. The van der Waals surface area contributed by atoms with E-state index in [2.05, 4.69) is 0 Å². The zero-order valence-corrected chi connectivity index (χ0v) is 7.69. The molecule has 38 valence electrons. The van der Waals surface area contributed by atoms with Crippen LogP contribution in [0.4, 0.5) is 0 Å². The van der Waals surface area contributed by atoms with Crippen molar-refractivity contribution in [2.75, 3.05) is 0 Å². The third-order valence-corrected chi connectivity index (χ3v) is 0.390. The van der Waals surface area contributed by atoms with E-state index in [4.69, 9.17) is 10.8 Å². The van der Waals surface area contributed by atoms with Crippen molar-refractivity contribution in [3.63, 3.8) is 0 Å². The van der Waals surface area contributed by atoms with Gasteiger partial charge in [0.05, 0.1) is 0 Å². The summed E-state index contributed by atoms with van der Waals surface area (Å²) in [6, 6.07) is -0.731. The molecule has 0 unspecified atom stereocenters. The second-order valence-corrected chi connectivity index (χ2v) is 1.13. The summed E-state index contributed by atoms with van der Waals surface area (Å²) in [5.41, 5.74) is 4.84. The summed E-state index contributed by atoms with van der Waals surface area (Å²) in [6.07, 6.45) is 0. The molecule has 0 aromatic rings. The summed E-state index contributed by atoms with van der Waals surface area (Å²) in [7, 11) is 0. The van der Waals surface area contributed by atoms with E-state index in [1.54, 1.807) is 0 Å². The van der Waals surface area contributed by atoms with E-state index in [-0.39, 0.29) is 45.5 Å². The first kappa shape index (κ1) is 10.8. The fraction of sp³-hybridized carbons (Fsp3) is 0.667. The number of aliphatic carboxylic acids is 1. The average molecular weight is 177 g/mol. The van der Waals surface area contributed by atoms with Crippen LogP contribution in [0, 0.1) is 0 Å². The van der Waals surface area contributed by atoms with Gasteiger partial charge in [0, 0.05) is 45.5 Å². The van der Waals surface area contributed by atoms with Crippen LogP contribution in [0.5, 0.6) is 0 Å². The van der Waals surface area contributed by atoms with Gasteiger partial charge in [-0.3, -0.25) is 4.79 Å². The third kappa shape index (κ3) is 6.91. The smallest absolute Gasteiger partial charge is 0.320 e. The predicted octanol–water partition coefficient (Wildman–Crippen LogP) is -0.963. The summed E-state index contributed by atoms with van der Waals surface area (Å²) in [5, 5.41) is 7.87. The van der Waals surface area contributed by atoms with Gasteiger partial charge in [-0.2, -0.15) is 0 Å². The summed E-state index contributed by atoms with van der Waals surface area (Å²) in [6.45, 7) is 1.42. The van der Waals surface area contributed by atoms with Gasteiger partial charge in [-0.05, 0) is 6.92 Å². The molecule has 0 rings (SSSR count). The van der Waals surface area contributed by atoms with Crippen molar-refractivity contribution < 1.29 is 9.90 Å². The second kappa shape index (κ2) is 5.06. The monoisotopic (exact) mass is 177 g/mol. The quantitative estimate of drug-likeness (QED) is 0.506. The van der Waals surface area contributed by atoms with Gasteiger partial charge < -0.3 is 10.8 Å². The van der Waals surface area contributed by atoms with Gasteiger partial charge >= 0.3 is 5.97 Å². The molecule has 0 aromatic carbocycles. The van der Waals surface area contributed by atoms with Gasteiger partial charge in [-0.25, -0.2) is 0 Å². The van der Waals surface area contributed by atoms with Crippen LogP contribution in [0.1, 0.15) is 6.92 Å². The molecule has 0 aliphatic carbocycles. The van der Waals surface area contributed by atoms with Crippen LogP contribution in [0.2, 0.25) is 0 Å². The van der Waals surface area contributed by atoms with Crippen molar-refractivity contribution in [2.45, 2.75) is 13.0 Å². The van der Waals surface area contributed by atoms with Crippen molar-refractivity contribution in [2.24, 2.45) is 5.73 Å². The first-order chi connectivity index (χ1) is 2.64. The second-order valence-electron chi connectivity index (χ2n) is 1.13. The van der Waals surface area contributed by atoms with Crippen molar-refractivity contribution in [3.8, 4) is 0 Å². The molecular formula is C3H7NO2Sr. The van der Waals surface area contributed by atoms with E-state index in [9.17, 15) is 4.79 Å². The normalized spacial score (nSPS) is 11.7. The number of carboxylic acid groups (broad SMARTS) is 1. The van der Waals surface area contributed by atoms with E-state index >= 15 is 0 Å². The summed E-state index contributed by atoms with van der Waals surface area (Å²) in [4.78, 5) is 9.57. The number of hydrogen-bond donors (Lipinski definition) is 2. The van der Waals surface area contributed by atoms with E-state index in [0.29, 0.717) is 0 Å². The largest absolute Gasteiger partial charge is 0.480 e. The number of hydrogen-bond acceptors (Lipinski definition) is 2. The van der Waals surface area contributed by atoms with Gasteiger partial charge in [-0.1, -0.05) is 0 Å². The van der Waals surface area contributed by atoms with Gasteiger partial charge in [-0.15, -0.1) is 0 Å². The Morgan fingerprint density at radius 3 is 2.00 bits per heavy atom. The molecule has 1 atom stereocenters. The van der Waals surface area contributed by atoms with Crippen molar-refractivity contribution in [1.29, 1.82) is 0 Å². The Balaban J connectivity index is 0. The Kier molecular flexibility index (Phi) is 7.81. The SMILES string of the molecule is C[C@H](N)C(=O)O.[Sr]. The molecule has 0 saturated heterocycles. The minimum atomic E-state index is -0.963. The molecule has 0 amide bonds. The molecule has 0 heterocycles. The van der Waals surface area contributed by atoms with Crippen LogP contribution in [0.15, 0.2) is 0 Å². The molecule has 0 aliphatic rings. The van der Waals surface area contributed by atoms with Gasteiger partial charge in [0.2, 0.25) is 0 Å². The van der Waals surface area contributed by atoms with E-state index < -0.39 is 12.0 Å². The average Bonchev–Trinajstić information content (AvgIpc) is 1.36. The minimum absolute atomic E-state index is 0. The van der Waals surface area contributed by atoms with E-state index in [0.717, 1.165) is 0 Å². The molecule has 3 nitrogen and oxygen atoms in total. The molecular weight excluding hydrogens is 170 g/mol. The summed E-state index contributed by atoms with van der Waals surface area (Å²) in [5.74, 6) is -0.963. The zero-order chi connectivity index (χ0) is 5.15. The van der Waals surface area contributed by atoms with Crippen LogP contribution in [-0.2, 0) is 4.79 Å². The van der Waals surface area contributed by atoms with Crippen LogP contribution in [0.3, 0.4) is 0 Å². The molecule has 0 aromatic heterocycles. The molecule has 3 N–H and O–H groups in total. The summed E-state index contributed by atoms with van der Waals surface area (Å²) >= 11 is 0. The van der Waals surface area contributed by atoms with E-state index in [1.165, 1.54) is 6.92 Å². The fourth-order valence-corrected chi connectivity index (χ4v) is 0. The fourth-order valence-electron chi connectivity index (χ4n) is 0. The maximum atomic E-state index is 9.57. The Morgan fingerprint density at radius 2 is 2.00 bits per heavy atom. The molecule has 0 fully saturated rings. The Morgan fingerprint density at radius 1 is 1.86 bits per heavy atom. The standard InChI is InChI=1S/C3H7NO2.Sr/c1-2(4)3(5)6;/h2H,4H2,1H3,(H,5,6);/t2-;/m0./s1. The van der Waals surface area contributed by atoms with E-state index in [1.807, 2.05) is 0 Å². The maximum absolute atomic E-state index is 9.57. The number of carbonyl (C=O) groups is 1. The Hall–Kier alpha value is 0.911. The van der Waals surface area contributed by atoms with Crippen LogP contribution in [-0.4, -0.2) is 62.6 Å². The van der Waals surface area contributed by atoms with Crippen molar-refractivity contribution >= 4 is 51.5 Å². The number of carboxylic acids is 1. The molecule has 0 aliphatic heterocycles. The van der Waals surface area contributed by atoms with Crippen molar-refractivity contribution in [1.82, 2.24) is 0 Å².